The molecule has 0 spiro atoms. The molecule has 4 atom stereocenters. The van der Waals surface area contributed by atoms with Crippen LogP contribution in [0.3, 0.4) is 0 Å². The Morgan fingerprint density at radius 2 is 2.00 bits per heavy atom. The summed E-state index contributed by atoms with van der Waals surface area (Å²) in [7, 11) is 0. The van der Waals surface area contributed by atoms with Gasteiger partial charge in [0, 0.05) is 12.5 Å². The van der Waals surface area contributed by atoms with Crippen LogP contribution < -0.4 is 0 Å². The smallest absolute Gasteiger partial charge is 0.160 e. The van der Waals surface area contributed by atoms with Crippen molar-refractivity contribution in [1.82, 2.24) is 0 Å². The molecule has 2 saturated carbocycles. The Balaban J connectivity index is 2.00. The van der Waals surface area contributed by atoms with E-state index in [9.17, 15) is 9.90 Å². The molecule has 0 saturated heterocycles. The van der Waals surface area contributed by atoms with Gasteiger partial charge in [0.25, 0.3) is 0 Å². The van der Waals surface area contributed by atoms with Crippen LogP contribution in [-0.2, 0) is 4.79 Å². The number of rotatable bonds is 2. The Bertz CT molecular complexity index is 528. The molecule has 3 rings (SSSR count). The number of hydrogen-bond acceptors (Lipinski definition) is 2. The Kier molecular flexibility index (Phi) is 3.87. The van der Waals surface area contributed by atoms with Crippen molar-refractivity contribution in [3.05, 3.63) is 23.8 Å². The second kappa shape index (κ2) is 5.33. The van der Waals surface area contributed by atoms with Gasteiger partial charge in [0.2, 0.25) is 0 Å². The lowest BCUT2D eigenvalue weighted by Gasteiger charge is -2.59. The maximum atomic E-state index is 12.9. The highest BCUT2D eigenvalue weighted by molar-refractivity contribution is 5.96. The first-order valence-corrected chi connectivity index (χ1v) is 8.86. The van der Waals surface area contributed by atoms with Gasteiger partial charge in [-0.25, -0.2) is 0 Å². The number of aliphatic hydroxyl groups is 1. The molecule has 2 fully saturated rings. The third-order valence-corrected chi connectivity index (χ3v) is 7.02. The van der Waals surface area contributed by atoms with Crippen molar-refractivity contribution in [2.24, 2.45) is 28.6 Å². The van der Waals surface area contributed by atoms with Crippen LogP contribution in [0.5, 0.6) is 0 Å². The summed E-state index contributed by atoms with van der Waals surface area (Å²) in [5, 5.41) is 9.23. The Labute approximate surface area is 134 Å². The zero-order chi connectivity index (χ0) is 16.1. The number of carbonyl (C=O) groups is 1. The zero-order valence-electron chi connectivity index (χ0n) is 14.3. The fourth-order valence-corrected chi connectivity index (χ4v) is 6.08. The van der Waals surface area contributed by atoms with E-state index in [-0.39, 0.29) is 17.9 Å². The molecule has 0 bridgehead atoms. The molecule has 3 aliphatic carbocycles. The zero-order valence-corrected chi connectivity index (χ0v) is 14.3. The highest BCUT2D eigenvalue weighted by Crippen LogP contribution is 2.63. The summed E-state index contributed by atoms with van der Waals surface area (Å²) >= 11 is 0. The SMILES string of the molecule is C=C1C(CCO)=CC(=O)[C@H]2[C@H]1CC[C@H]1C(C)(C)CCC[C@]21C. The average molecular weight is 302 g/mol. The molecule has 0 aromatic carbocycles. The lowest BCUT2D eigenvalue weighted by atomic mass is 9.44. The number of ketones is 1. The van der Waals surface area contributed by atoms with Crippen LogP contribution in [0.4, 0.5) is 0 Å². The predicted octanol–water partition coefficient (Wildman–Crippen LogP) is 4.29. The van der Waals surface area contributed by atoms with E-state index in [4.69, 9.17) is 0 Å². The molecule has 2 heteroatoms. The summed E-state index contributed by atoms with van der Waals surface area (Å²) < 4.78 is 0. The largest absolute Gasteiger partial charge is 0.396 e. The van der Waals surface area contributed by atoms with Gasteiger partial charge in [-0.05, 0) is 72.0 Å². The van der Waals surface area contributed by atoms with Crippen LogP contribution in [0.15, 0.2) is 23.8 Å². The molecule has 1 N–H and O–H groups in total. The second-order valence-corrected chi connectivity index (χ2v) is 8.63. The normalized spacial score (nSPS) is 40.7. The molecule has 3 aliphatic rings. The van der Waals surface area contributed by atoms with Crippen molar-refractivity contribution >= 4 is 5.78 Å². The summed E-state index contributed by atoms with van der Waals surface area (Å²) in [4.78, 5) is 12.9. The first-order valence-electron chi connectivity index (χ1n) is 8.86. The van der Waals surface area contributed by atoms with Crippen LogP contribution in [0.1, 0.15) is 59.3 Å². The van der Waals surface area contributed by atoms with Gasteiger partial charge >= 0.3 is 0 Å². The van der Waals surface area contributed by atoms with Crippen molar-refractivity contribution < 1.29 is 9.90 Å². The van der Waals surface area contributed by atoms with Crippen molar-refractivity contribution in [3.8, 4) is 0 Å². The third kappa shape index (κ3) is 2.22. The maximum absolute atomic E-state index is 12.9. The van der Waals surface area contributed by atoms with Gasteiger partial charge in [-0.2, -0.15) is 0 Å². The number of fused-ring (bicyclic) bond motifs is 3. The number of hydrogen-bond donors (Lipinski definition) is 1. The summed E-state index contributed by atoms with van der Waals surface area (Å²) in [5.74, 6) is 1.35. The standard InChI is InChI=1S/C20H30O2/c1-13-14(8-11-21)12-16(22)18-15(13)6-7-17-19(2,3)9-5-10-20(17,18)4/h12,15,17-18,21H,1,5-11H2,2-4H3/t15-,17-,18+,20-/m0/s1. The van der Waals surface area contributed by atoms with Gasteiger partial charge in [-0.1, -0.05) is 33.8 Å². The van der Waals surface area contributed by atoms with E-state index in [2.05, 4.69) is 27.4 Å². The Hall–Kier alpha value is -0.890. The molecule has 2 nitrogen and oxygen atoms in total. The number of allylic oxidation sites excluding steroid dienone is 2. The van der Waals surface area contributed by atoms with Crippen LogP contribution in [-0.4, -0.2) is 17.5 Å². The van der Waals surface area contributed by atoms with E-state index >= 15 is 0 Å². The minimum Gasteiger partial charge on any atom is -0.396 e. The third-order valence-electron chi connectivity index (χ3n) is 7.02. The quantitative estimate of drug-likeness (QED) is 0.826. The lowest BCUT2D eigenvalue weighted by Crippen LogP contribution is -2.55. The van der Waals surface area contributed by atoms with E-state index in [0.717, 1.165) is 17.6 Å². The van der Waals surface area contributed by atoms with E-state index in [1.807, 2.05) is 0 Å². The molecule has 0 heterocycles. The molecular weight excluding hydrogens is 272 g/mol. The molecule has 122 valence electrons. The van der Waals surface area contributed by atoms with E-state index in [1.165, 1.54) is 25.7 Å². The van der Waals surface area contributed by atoms with E-state index in [0.29, 0.717) is 29.5 Å². The molecule has 22 heavy (non-hydrogen) atoms. The van der Waals surface area contributed by atoms with Gasteiger partial charge in [-0.15, -0.1) is 0 Å². The molecule has 0 aromatic rings. The van der Waals surface area contributed by atoms with Crippen molar-refractivity contribution in [2.75, 3.05) is 6.61 Å². The number of carbonyl (C=O) groups excluding carboxylic acids is 1. The monoisotopic (exact) mass is 302 g/mol. The fourth-order valence-electron chi connectivity index (χ4n) is 6.08. The first kappa shape index (κ1) is 16.0. The Morgan fingerprint density at radius 1 is 1.27 bits per heavy atom. The van der Waals surface area contributed by atoms with Crippen LogP contribution in [0, 0.1) is 28.6 Å². The lowest BCUT2D eigenvalue weighted by molar-refractivity contribution is -0.140. The minimum absolute atomic E-state index is 0.0996. The van der Waals surface area contributed by atoms with Gasteiger partial charge in [-0.3, -0.25) is 4.79 Å². The maximum Gasteiger partial charge on any atom is 0.160 e. The van der Waals surface area contributed by atoms with Gasteiger partial charge < -0.3 is 5.11 Å². The minimum atomic E-state index is 0.0996. The summed E-state index contributed by atoms with van der Waals surface area (Å²) in [5.41, 5.74) is 2.58. The van der Waals surface area contributed by atoms with Crippen molar-refractivity contribution in [3.63, 3.8) is 0 Å². The Morgan fingerprint density at radius 3 is 2.68 bits per heavy atom. The summed E-state index contributed by atoms with van der Waals surface area (Å²) in [6.07, 6.45) is 8.35. The van der Waals surface area contributed by atoms with Crippen LogP contribution in [0.25, 0.3) is 0 Å². The van der Waals surface area contributed by atoms with Gasteiger partial charge in [0.15, 0.2) is 5.78 Å². The van der Waals surface area contributed by atoms with Gasteiger partial charge in [0.05, 0.1) is 0 Å². The highest BCUT2D eigenvalue weighted by Gasteiger charge is 2.57. The fraction of sp³-hybridized carbons (Fsp3) is 0.750. The molecule has 0 aliphatic heterocycles. The molecular formula is C20H30O2. The van der Waals surface area contributed by atoms with Crippen molar-refractivity contribution in [1.29, 1.82) is 0 Å². The van der Waals surface area contributed by atoms with Gasteiger partial charge in [0.1, 0.15) is 0 Å². The van der Waals surface area contributed by atoms with Crippen LogP contribution >= 0.6 is 0 Å². The summed E-state index contributed by atoms with van der Waals surface area (Å²) in [6.45, 7) is 11.6. The van der Waals surface area contributed by atoms with E-state index in [1.54, 1.807) is 6.08 Å². The molecule has 0 radical (unpaired) electrons. The van der Waals surface area contributed by atoms with Crippen molar-refractivity contribution in [2.45, 2.75) is 59.3 Å². The average Bonchev–Trinajstić information content (AvgIpc) is 2.42. The highest BCUT2D eigenvalue weighted by atomic mass is 16.3. The predicted molar refractivity (Wildman–Crippen MR) is 89.4 cm³/mol. The second-order valence-electron chi connectivity index (χ2n) is 8.63. The molecule has 0 aromatic heterocycles. The topological polar surface area (TPSA) is 37.3 Å². The molecule has 0 unspecified atom stereocenters. The number of aliphatic hydroxyl groups excluding tert-OH is 1. The first-order chi connectivity index (χ1) is 10.3. The summed E-state index contributed by atoms with van der Waals surface area (Å²) in [6, 6.07) is 0. The van der Waals surface area contributed by atoms with E-state index < -0.39 is 0 Å². The van der Waals surface area contributed by atoms with Crippen LogP contribution in [0.2, 0.25) is 0 Å². The molecule has 0 amide bonds.